The number of hydrogen-bond donors (Lipinski definition) is 1. The summed E-state index contributed by atoms with van der Waals surface area (Å²) in [6.07, 6.45) is -3.24. The van der Waals surface area contributed by atoms with Gasteiger partial charge in [0.1, 0.15) is 5.75 Å². The predicted molar refractivity (Wildman–Crippen MR) is 55.9 cm³/mol. The summed E-state index contributed by atoms with van der Waals surface area (Å²) < 4.78 is 43.3. The fourth-order valence-corrected chi connectivity index (χ4v) is 1.78. The molecule has 0 radical (unpaired) electrons. The van der Waals surface area contributed by atoms with Gasteiger partial charge in [-0.3, -0.25) is 0 Å². The van der Waals surface area contributed by atoms with E-state index in [1.807, 2.05) is 0 Å². The third kappa shape index (κ3) is 2.72. The van der Waals surface area contributed by atoms with Crippen LogP contribution in [0.3, 0.4) is 0 Å². The Morgan fingerprint density at radius 1 is 1.35 bits per heavy atom. The van der Waals surface area contributed by atoms with E-state index in [4.69, 9.17) is 4.74 Å². The maximum Gasteiger partial charge on any atom is 0.416 e. The van der Waals surface area contributed by atoms with Gasteiger partial charge in [0.15, 0.2) is 0 Å². The van der Waals surface area contributed by atoms with Crippen LogP contribution >= 0.6 is 0 Å². The third-order valence-electron chi connectivity index (χ3n) is 2.97. The average molecular weight is 246 g/mol. The lowest BCUT2D eigenvalue weighted by Gasteiger charge is -2.16. The van der Waals surface area contributed by atoms with Crippen LogP contribution in [0.2, 0.25) is 0 Å². The number of benzene rings is 1. The molecule has 1 aliphatic carbocycles. The molecule has 2 rings (SSSR count). The van der Waals surface area contributed by atoms with Gasteiger partial charge in [-0.2, -0.15) is 13.2 Å². The van der Waals surface area contributed by atoms with Gasteiger partial charge in [-0.25, -0.2) is 0 Å². The highest BCUT2D eigenvalue weighted by Gasteiger charge is 2.43. The number of rotatable bonds is 3. The van der Waals surface area contributed by atoms with E-state index in [-0.39, 0.29) is 17.7 Å². The van der Waals surface area contributed by atoms with E-state index < -0.39 is 17.3 Å². The Bertz CT molecular complexity index is 422. The average Bonchev–Trinajstić information content (AvgIpc) is 2.95. The molecule has 0 unspecified atom stereocenters. The zero-order valence-corrected chi connectivity index (χ0v) is 9.34. The van der Waals surface area contributed by atoms with Crippen LogP contribution in [-0.4, -0.2) is 17.8 Å². The number of halogens is 3. The Labute approximate surface area is 97.0 Å². The Balaban J connectivity index is 2.36. The first-order valence-electron chi connectivity index (χ1n) is 5.31. The van der Waals surface area contributed by atoms with Crippen molar-refractivity contribution in [3.63, 3.8) is 0 Å². The normalized spacial score (nSPS) is 17.9. The lowest BCUT2D eigenvalue weighted by molar-refractivity contribution is -0.138. The van der Waals surface area contributed by atoms with Gasteiger partial charge in [-0.1, -0.05) is 6.07 Å². The molecule has 0 atom stereocenters. The van der Waals surface area contributed by atoms with Crippen LogP contribution < -0.4 is 4.74 Å². The van der Waals surface area contributed by atoms with Crippen molar-refractivity contribution in [1.82, 2.24) is 0 Å². The molecule has 2 nitrogen and oxygen atoms in total. The summed E-state index contributed by atoms with van der Waals surface area (Å²) in [6, 6.07) is 3.83. The van der Waals surface area contributed by atoms with E-state index in [2.05, 4.69) is 0 Å². The standard InChI is InChI=1S/C12H13F3O2/c1-17-9-3-2-8(7-11(16)4-5-11)10(6-9)12(13,14)15/h2-3,6,16H,4-5,7H2,1H3. The fraction of sp³-hybridized carbons (Fsp3) is 0.500. The van der Waals surface area contributed by atoms with Crippen molar-refractivity contribution < 1.29 is 23.0 Å². The lowest BCUT2D eigenvalue weighted by atomic mass is 9.99. The van der Waals surface area contributed by atoms with Gasteiger partial charge in [0.2, 0.25) is 0 Å². The topological polar surface area (TPSA) is 29.5 Å². The van der Waals surface area contributed by atoms with Gasteiger partial charge in [-0.15, -0.1) is 0 Å². The third-order valence-corrected chi connectivity index (χ3v) is 2.97. The van der Waals surface area contributed by atoms with E-state index >= 15 is 0 Å². The molecule has 1 saturated carbocycles. The summed E-state index contributed by atoms with van der Waals surface area (Å²) in [7, 11) is 1.32. The summed E-state index contributed by atoms with van der Waals surface area (Å²) in [5.74, 6) is 0.170. The highest BCUT2D eigenvalue weighted by Crippen LogP contribution is 2.42. The van der Waals surface area contributed by atoms with Crippen molar-refractivity contribution in [2.75, 3.05) is 7.11 Å². The van der Waals surface area contributed by atoms with E-state index in [0.717, 1.165) is 6.07 Å². The number of aliphatic hydroxyl groups is 1. The molecule has 5 heteroatoms. The minimum absolute atomic E-state index is 0.0475. The fourth-order valence-electron chi connectivity index (χ4n) is 1.78. The quantitative estimate of drug-likeness (QED) is 0.888. The second-order valence-electron chi connectivity index (χ2n) is 4.42. The maximum absolute atomic E-state index is 12.8. The number of ether oxygens (including phenoxy) is 1. The van der Waals surface area contributed by atoms with Gasteiger partial charge in [-0.05, 0) is 30.5 Å². The monoisotopic (exact) mass is 246 g/mol. The van der Waals surface area contributed by atoms with Crippen molar-refractivity contribution in [3.8, 4) is 5.75 Å². The molecule has 94 valence electrons. The Hall–Kier alpha value is -1.23. The lowest BCUT2D eigenvalue weighted by Crippen LogP contribution is -2.16. The van der Waals surface area contributed by atoms with Crippen molar-refractivity contribution >= 4 is 0 Å². The highest BCUT2D eigenvalue weighted by atomic mass is 19.4. The van der Waals surface area contributed by atoms with Crippen LogP contribution in [0.1, 0.15) is 24.0 Å². The summed E-state index contributed by atoms with van der Waals surface area (Å²) in [5, 5.41) is 9.70. The van der Waals surface area contributed by atoms with Gasteiger partial charge in [0.25, 0.3) is 0 Å². The van der Waals surface area contributed by atoms with Gasteiger partial charge in [0, 0.05) is 6.42 Å². The zero-order chi connectivity index (χ0) is 12.7. The van der Waals surface area contributed by atoms with E-state index in [1.54, 1.807) is 0 Å². The van der Waals surface area contributed by atoms with Crippen LogP contribution in [0.5, 0.6) is 5.75 Å². The van der Waals surface area contributed by atoms with Crippen LogP contribution in [0.25, 0.3) is 0 Å². The highest BCUT2D eigenvalue weighted by molar-refractivity contribution is 5.38. The molecule has 0 spiro atoms. The van der Waals surface area contributed by atoms with Gasteiger partial charge < -0.3 is 9.84 Å². The number of methoxy groups -OCH3 is 1. The molecule has 0 bridgehead atoms. The summed E-state index contributed by atoms with van der Waals surface area (Å²) in [5.41, 5.74) is -1.54. The second kappa shape index (κ2) is 3.91. The number of hydrogen-bond acceptors (Lipinski definition) is 2. The molecule has 0 saturated heterocycles. The number of alkyl halides is 3. The molecule has 0 aromatic heterocycles. The van der Waals surface area contributed by atoms with Crippen molar-refractivity contribution in [2.24, 2.45) is 0 Å². The SMILES string of the molecule is COc1ccc(CC2(O)CC2)c(C(F)(F)F)c1. The van der Waals surface area contributed by atoms with Crippen molar-refractivity contribution in [2.45, 2.75) is 31.0 Å². The van der Waals surface area contributed by atoms with Gasteiger partial charge in [0.05, 0.1) is 18.3 Å². The molecule has 1 aromatic rings. The molecule has 0 amide bonds. The van der Waals surface area contributed by atoms with Crippen molar-refractivity contribution in [1.29, 1.82) is 0 Å². The van der Waals surface area contributed by atoms with Crippen LogP contribution in [-0.2, 0) is 12.6 Å². The Kier molecular flexibility index (Phi) is 2.81. The molecule has 1 aliphatic rings. The Morgan fingerprint density at radius 2 is 2.00 bits per heavy atom. The molecular formula is C12H13F3O2. The van der Waals surface area contributed by atoms with Crippen molar-refractivity contribution in [3.05, 3.63) is 29.3 Å². The Morgan fingerprint density at radius 3 is 2.47 bits per heavy atom. The first-order valence-corrected chi connectivity index (χ1v) is 5.31. The molecule has 17 heavy (non-hydrogen) atoms. The maximum atomic E-state index is 12.8. The van der Waals surface area contributed by atoms with E-state index in [9.17, 15) is 18.3 Å². The zero-order valence-electron chi connectivity index (χ0n) is 9.34. The predicted octanol–water partition coefficient (Wildman–Crippen LogP) is 2.78. The van der Waals surface area contributed by atoms with Crippen LogP contribution in [0.4, 0.5) is 13.2 Å². The first kappa shape index (κ1) is 12.2. The summed E-state index contributed by atoms with van der Waals surface area (Å²) in [6.45, 7) is 0. The van der Waals surface area contributed by atoms with Gasteiger partial charge >= 0.3 is 6.18 Å². The molecular weight excluding hydrogens is 233 g/mol. The van der Waals surface area contributed by atoms with E-state index in [1.165, 1.54) is 19.2 Å². The molecule has 1 N–H and O–H groups in total. The second-order valence-corrected chi connectivity index (χ2v) is 4.42. The largest absolute Gasteiger partial charge is 0.497 e. The molecule has 0 heterocycles. The smallest absolute Gasteiger partial charge is 0.416 e. The molecule has 0 aliphatic heterocycles. The summed E-state index contributed by atoms with van der Waals surface area (Å²) >= 11 is 0. The van der Waals surface area contributed by atoms with Crippen LogP contribution in [0, 0.1) is 0 Å². The minimum Gasteiger partial charge on any atom is -0.497 e. The molecule has 1 aromatic carbocycles. The van der Waals surface area contributed by atoms with Crippen LogP contribution in [0.15, 0.2) is 18.2 Å². The minimum atomic E-state index is -4.42. The summed E-state index contributed by atoms with van der Waals surface area (Å²) in [4.78, 5) is 0. The van der Waals surface area contributed by atoms with E-state index in [0.29, 0.717) is 12.8 Å². The molecule has 1 fully saturated rings. The first-order chi connectivity index (χ1) is 7.84.